The van der Waals surface area contributed by atoms with E-state index in [1.54, 1.807) is 0 Å². The summed E-state index contributed by atoms with van der Waals surface area (Å²) in [5, 5.41) is 10.9. The molecule has 19 heavy (non-hydrogen) atoms. The number of rotatable bonds is 6. The molecule has 0 amide bonds. The Balaban J connectivity index is 3.01. The fourth-order valence-electron chi connectivity index (χ4n) is 1.34. The Labute approximate surface area is 116 Å². The van der Waals surface area contributed by atoms with Gasteiger partial charge in [-0.2, -0.15) is 0 Å². The van der Waals surface area contributed by atoms with Gasteiger partial charge in [-0.05, 0) is 18.6 Å². The summed E-state index contributed by atoms with van der Waals surface area (Å²) in [5.41, 5.74) is -0.558. The van der Waals surface area contributed by atoms with Gasteiger partial charge in [0.25, 0.3) is 5.69 Å². The van der Waals surface area contributed by atoms with Crippen LogP contribution < -0.4 is 4.72 Å². The zero-order valence-corrected chi connectivity index (χ0v) is 11.4. The second-order valence-corrected chi connectivity index (χ2v) is 5.75. The summed E-state index contributed by atoms with van der Waals surface area (Å²) in [4.78, 5) is 9.62. The second-order valence-electron chi connectivity index (χ2n) is 3.57. The summed E-state index contributed by atoms with van der Waals surface area (Å²) in [7, 11) is -3.95. The Morgan fingerprint density at radius 1 is 1.47 bits per heavy atom. The third-order valence-corrected chi connectivity index (χ3v) is 3.94. The molecule has 0 saturated heterocycles. The van der Waals surface area contributed by atoms with E-state index in [0.717, 1.165) is 12.1 Å². The summed E-state index contributed by atoms with van der Waals surface area (Å²) in [6.45, 7) is 0.117. The zero-order chi connectivity index (χ0) is 14.5. The summed E-state index contributed by atoms with van der Waals surface area (Å²) in [5.74, 6) is 2.37. The van der Waals surface area contributed by atoms with Crippen molar-refractivity contribution in [1.82, 2.24) is 4.72 Å². The van der Waals surface area contributed by atoms with Gasteiger partial charge < -0.3 is 0 Å². The molecule has 0 spiro atoms. The Bertz CT molecular complexity index is 622. The van der Waals surface area contributed by atoms with Gasteiger partial charge in [-0.1, -0.05) is 11.6 Å². The molecular formula is C11H11ClN2O4S. The van der Waals surface area contributed by atoms with Crippen LogP contribution in [-0.2, 0) is 10.0 Å². The first kappa shape index (κ1) is 15.4. The van der Waals surface area contributed by atoms with Crippen molar-refractivity contribution in [2.24, 2.45) is 0 Å². The number of benzene rings is 1. The Morgan fingerprint density at radius 2 is 2.16 bits per heavy atom. The standard InChI is InChI=1S/C11H11ClN2O4S/c1-2-3-4-7-13-19(17,18)11-6-5-9(12)8-10(11)14(15)16/h1,5-6,8,13H,3-4,7H2. The highest BCUT2D eigenvalue weighted by Crippen LogP contribution is 2.26. The monoisotopic (exact) mass is 302 g/mol. The van der Waals surface area contributed by atoms with E-state index in [1.807, 2.05) is 0 Å². The number of nitro groups is 1. The smallest absolute Gasteiger partial charge is 0.258 e. The molecule has 102 valence electrons. The van der Waals surface area contributed by atoms with Crippen molar-refractivity contribution in [1.29, 1.82) is 0 Å². The average molecular weight is 303 g/mol. The molecule has 1 aromatic carbocycles. The van der Waals surface area contributed by atoms with Gasteiger partial charge >= 0.3 is 0 Å². The van der Waals surface area contributed by atoms with Crippen LogP contribution in [0, 0.1) is 22.5 Å². The predicted octanol–water partition coefficient (Wildman–Crippen LogP) is 1.94. The number of terminal acetylenes is 1. The molecule has 0 saturated carbocycles. The van der Waals surface area contributed by atoms with Crippen molar-refractivity contribution in [2.75, 3.05) is 6.54 Å². The van der Waals surface area contributed by atoms with Crippen molar-refractivity contribution >= 4 is 27.3 Å². The van der Waals surface area contributed by atoms with Gasteiger partial charge in [-0.25, -0.2) is 13.1 Å². The second kappa shape index (κ2) is 6.52. The van der Waals surface area contributed by atoms with E-state index >= 15 is 0 Å². The van der Waals surface area contributed by atoms with Crippen LogP contribution in [0.25, 0.3) is 0 Å². The van der Waals surface area contributed by atoms with Gasteiger partial charge in [0.1, 0.15) is 0 Å². The molecule has 1 aromatic rings. The summed E-state index contributed by atoms with van der Waals surface area (Å²) < 4.78 is 26.1. The van der Waals surface area contributed by atoms with Gasteiger partial charge in [-0.3, -0.25) is 10.1 Å². The van der Waals surface area contributed by atoms with Crippen LogP contribution in [-0.4, -0.2) is 19.9 Å². The van der Waals surface area contributed by atoms with Gasteiger partial charge in [-0.15, -0.1) is 12.3 Å². The number of unbranched alkanes of at least 4 members (excludes halogenated alkanes) is 1. The Hall–Kier alpha value is -1.62. The topological polar surface area (TPSA) is 89.3 Å². The lowest BCUT2D eigenvalue weighted by atomic mass is 10.3. The van der Waals surface area contributed by atoms with E-state index < -0.39 is 25.5 Å². The minimum absolute atomic E-state index is 0.0954. The van der Waals surface area contributed by atoms with Crippen molar-refractivity contribution in [3.63, 3.8) is 0 Å². The molecule has 1 N–H and O–H groups in total. The number of halogens is 1. The molecular weight excluding hydrogens is 292 g/mol. The van der Waals surface area contributed by atoms with Crippen LogP contribution in [0.5, 0.6) is 0 Å². The van der Waals surface area contributed by atoms with Crippen LogP contribution in [0.1, 0.15) is 12.8 Å². The van der Waals surface area contributed by atoms with Gasteiger partial charge in [0, 0.05) is 24.1 Å². The number of nitrogens with zero attached hydrogens (tertiary/aromatic N) is 1. The highest BCUT2D eigenvalue weighted by Gasteiger charge is 2.25. The van der Waals surface area contributed by atoms with Crippen LogP contribution in [0.3, 0.4) is 0 Å². The average Bonchev–Trinajstić information content (AvgIpc) is 2.34. The van der Waals surface area contributed by atoms with Crippen molar-refractivity contribution < 1.29 is 13.3 Å². The van der Waals surface area contributed by atoms with E-state index in [1.165, 1.54) is 6.07 Å². The lowest BCUT2D eigenvalue weighted by Crippen LogP contribution is -2.25. The van der Waals surface area contributed by atoms with Crippen molar-refractivity contribution in [3.05, 3.63) is 33.3 Å². The van der Waals surface area contributed by atoms with E-state index in [2.05, 4.69) is 10.6 Å². The van der Waals surface area contributed by atoms with Gasteiger partial charge in [0.2, 0.25) is 10.0 Å². The molecule has 0 atom stereocenters. The van der Waals surface area contributed by atoms with Crippen LogP contribution in [0.15, 0.2) is 23.1 Å². The summed E-state index contributed by atoms with van der Waals surface area (Å²) in [6.07, 6.45) is 5.92. The molecule has 1 rings (SSSR count). The lowest BCUT2D eigenvalue weighted by Gasteiger charge is -2.06. The molecule has 0 bridgehead atoms. The van der Waals surface area contributed by atoms with Crippen LogP contribution >= 0.6 is 11.6 Å². The molecule has 0 radical (unpaired) electrons. The summed E-state index contributed by atoms with van der Waals surface area (Å²) in [6, 6.07) is 3.38. The first-order valence-corrected chi connectivity index (χ1v) is 7.11. The molecule has 0 heterocycles. The molecule has 0 aliphatic carbocycles. The molecule has 0 fully saturated rings. The maximum Gasteiger partial charge on any atom is 0.290 e. The first-order valence-electron chi connectivity index (χ1n) is 5.25. The normalized spacial score (nSPS) is 10.9. The SMILES string of the molecule is C#CCCCNS(=O)(=O)c1ccc(Cl)cc1[N+](=O)[O-]. The van der Waals surface area contributed by atoms with Crippen molar-refractivity contribution in [2.45, 2.75) is 17.7 Å². The number of hydrogen-bond donors (Lipinski definition) is 1. The first-order chi connectivity index (χ1) is 8.88. The molecule has 8 heteroatoms. The molecule has 6 nitrogen and oxygen atoms in total. The minimum Gasteiger partial charge on any atom is -0.258 e. The maximum atomic E-state index is 11.9. The largest absolute Gasteiger partial charge is 0.290 e. The number of nitro benzene ring substituents is 1. The molecule has 0 aliphatic heterocycles. The lowest BCUT2D eigenvalue weighted by molar-refractivity contribution is -0.387. The quantitative estimate of drug-likeness (QED) is 0.376. The van der Waals surface area contributed by atoms with Crippen LogP contribution in [0.2, 0.25) is 5.02 Å². The number of nitrogens with one attached hydrogen (secondary N) is 1. The molecule has 0 aromatic heterocycles. The maximum absolute atomic E-state index is 11.9. The number of sulfonamides is 1. The highest BCUT2D eigenvalue weighted by molar-refractivity contribution is 7.89. The van der Waals surface area contributed by atoms with Gasteiger partial charge in [0.05, 0.1) is 4.92 Å². The van der Waals surface area contributed by atoms with Crippen molar-refractivity contribution in [3.8, 4) is 12.3 Å². The van der Waals surface area contributed by atoms with Crippen LogP contribution in [0.4, 0.5) is 5.69 Å². The Kier molecular flexibility index (Phi) is 5.30. The fourth-order valence-corrected chi connectivity index (χ4v) is 2.73. The third-order valence-electron chi connectivity index (χ3n) is 2.20. The molecule has 0 aliphatic rings. The van der Waals surface area contributed by atoms with E-state index in [0.29, 0.717) is 12.8 Å². The fraction of sp³-hybridized carbons (Fsp3) is 0.273. The van der Waals surface area contributed by atoms with E-state index in [4.69, 9.17) is 18.0 Å². The highest BCUT2D eigenvalue weighted by atomic mass is 35.5. The van der Waals surface area contributed by atoms with E-state index in [-0.39, 0.29) is 11.6 Å². The third kappa shape index (κ3) is 4.21. The zero-order valence-electron chi connectivity index (χ0n) is 9.80. The molecule has 0 unspecified atom stereocenters. The Morgan fingerprint density at radius 3 is 2.74 bits per heavy atom. The van der Waals surface area contributed by atoms with E-state index in [9.17, 15) is 18.5 Å². The minimum atomic E-state index is -3.95. The summed E-state index contributed by atoms with van der Waals surface area (Å²) >= 11 is 5.61. The predicted molar refractivity (Wildman–Crippen MR) is 71.4 cm³/mol. The number of hydrogen-bond acceptors (Lipinski definition) is 4. The van der Waals surface area contributed by atoms with Gasteiger partial charge in [0.15, 0.2) is 4.90 Å².